The molecular formula is C15H6Na2O14S2. The van der Waals surface area contributed by atoms with Crippen LogP contribution in [0.25, 0.3) is 32.7 Å². The Balaban J connectivity index is 0.00000193. The minimum absolute atomic E-state index is 0. The van der Waals surface area contributed by atoms with Crippen LogP contribution in [-0.4, -0.2) is 38.2 Å². The standard InChI is InChI=1S/C15H8O14S2.2Na/c1-25-11-7(29-31(22,23)24)3-5-9-8-4(15(18)27-13(9)11)2-6(28-30(19,20)21)10(16)12(8)26-14(5)17;;/h2-3,16H,1H3,(H,19,20,21)(H,22,23,24);;/q;2*+1/p-2. The van der Waals surface area contributed by atoms with Gasteiger partial charge in [0, 0.05) is 22.9 Å². The first-order chi connectivity index (χ1) is 14.3. The Bertz CT molecular complexity index is 1720. The number of ether oxygens (including phenoxy) is 1. The maximum atomic E-state index is 12.5. The Hall–Kier alpha value is -1.60. The number of phenols is 1. The molecular weight excluding hydrogens is 514 g/mol. The molecule has 164 valence electrons. The van der Waals surface area contributed by atoms with Crippen molar-refractivity contribution in [3.05, 3.63) is 33.0 Å². The average molecular weight is 520 g/mol. The summed E-state index contributed by atoms with van der Waals surface area (Å²) in [6.07, 6.45) is 0. The first kappa shape index (κ1) is 27.6. The number of phenolic OH excluding ortho intramolecular Hbond substituents is 1. The minimum Gasteiger partial charge on any atom is -0.716 e. The zero-order valence-electron chi connectivity index (χ0n) is 16.7. The van der Waals surface area contributed by atoms with E-state index in [1.54, 1.807) is 0 Å². The third-order valence-corrected chi connectivity index (χ3v) is 4.86. The fraction of sp³-hybridized carbons (Fsp3) is 0.0667. The molecule has 1 N–H and O–H groups in total. The summed E-state index contributed by atoms with van der Waals surface area (Å²) in [5, 5.41) is 8.85. The maximum absolute atomic E-state index is 12.5. The van der Waals surface area contributed by atoms with Crippen LogP contribution in [0.15, 0.2) is 30.6 Å². The van der Waals surface area contributed by atoms with Gasteiger partial charge in [-0.1, -0.05) is 0 Å². The molecule has 0 radical (unpaired) electrons. The second kappa shape index (κ2) is 9.21. The van der Waals surface area contributed by atoms with Gasteiger partial charge in [0.2, 0.25) is 11.5 Å². The zero-order chi connectivity index (χ0) is 22.9. The van der Waals surface area contributed by atoms with Crippen LogP contribution in [0.3, 0.4) is 0 Å². The van der Waals surface area contributed by atoms with Crippen molar-refractivity contribution in [2.45, 2.75) is 0 Å². The molecule has 0 aliphatic carbocycles. The molecule has 0 spiro atoms. The Morgan fingerprint density at radius 1 is 0.818 bits per heavy atom. The molecule has 4 aromatic rings. The van der Waals surface area contributed by atoms with Crippen LogP contribution in [0.1, 0.15) is 0 Å². The monoisotopic (exact) mass is 520 g/mol. The van der Waals surface area contributed by atoms with Crippen molar-refractivity contribution >= 4 is 53.5 Å². The van der Waals surface area contributed by atoms with E-state index >= 15 is 0 Å². The van der Waals surface area contributed by atoms with Crippen LogP contribution in [0, 0.1) is 0 Å². The van der Waals surface area contributed by atoms with Gasteiger partial charge in [-0.2, -0.15) is 0 Å². The van der Waals surface area contributed by atoms with Gasteiger partial charge in [0.15, 0.2) is 22.7 Å². The molecule has 14 nitrogen and oxygen atoms in total. The van der Waals surface area contributed by atoms with E-state index in [4.69, 9.17) is 13.6 Å². The smallest absolute Gasteiger partial charge is 0.716 e. The first-order valence-corrected chi connectivity index (χ1v) is 10.4. The second-order valence-electron chi connectivity index (χ2n) is 5.90. The van der Waals surface area contributed by atoms with Crippen molar-refractivity contribution in [2.24, 2.45) is 0 Å². The van der Waals surface area contributed by atoms with E-state index in [9.17, 15) is 40.6 Å². The number of benzene rings is 2. The van der Waals surface area contributed by atoms with Crippen LogP contribution in [0.2, 0.25) is 0 Å². The van der Waals surface area contributed by atoms with Crippen molar-refractivity contribution < 1.29 is 112 Å². The molecule has 2 aromatic carbocycles. The molecule has 0 saturated carbocycles. The number of hydrogen-bond acceptors (Lipinski definition) is 14. The van der Waals surface area contributed by atoms with Crippen molar-refractivity contribution in [2.75, 3.05) is 7.11 Å². The first-order valence-electron chi connectivity index (χ1n) is 7.71. The summed E-state index contributed by atoms with van der Waals surface area (Å²) in [7, 11) is -9.70. The number of aromatic hydroxyl groups is 1. The van der Waals surface area contributed by atoms with Crippen molar-refractivity contribution in [3.8, 4) is 23.0 Å². The summed E-state index contributed by atoms with van der Waals surface area (Å²) in [5.74, 6) is -3.45. The van der Waals surface area contributed by atoms with Gasteiger partial charge < -0.3 is 36.1 Å². The van der Waals surface area contributed by atoms with Crippen molar-refractivity contribution in [1.82, 2.24) is 0 Å². The molecule has 2 heterocycles. The van der Waals surface area contributed by atoms with Gasteiger partial charge in [-0.3, -0.25) is 0 Å². The van der Waals surface area contributed by atoms with E-state index in [-0.39, 0.29) is 69.9 Å². The van der Waals surface area contributed by atoms with Gasteiger partial charge in [0.25, 0.3) is 20.8 Å². The summed E-state index contributed by atoms with van der Waals surface area (Å²) in [4.78, 5) is 25.0. The third kappa shape index (κ3) is 4.95. The van der Waals surface area contributed by atoms with Gasteiger partial charge in [0.05, 0.1) is 17.9 Å². The summed E-state index contributed by atoms with van der Waals surface area (Å²) < 4.78 is 89.0. The zero-order valence-corrected chi connectivity index (χ0v) is 22.4. The Morgan fingerprint density at radius 2 is 1.24 bits per heavy atom. The molecule has 0 fully saturated rings. The normalized spacial score (nSPS) is 11.8. The second-order valence-corrected chi connectivity index (χ2v) is 7.86. The van der Waals surface area contributed by atoms with Gasteiger partial charge in [-0.15, -0.1) is 0 Å². The van der Waals surface area contributed by atoms with E-state index in [0.29, 0.717) is 6.07 Å². The summed E-state index contributed by atoms with van der Waals surface area (Å²) in [6, 6.07) is 1.43. The Labute approximate surface area is 226 Å². The third-order valence-electron chi connectivity index (χ3n) is 4.09. The number of methoxy groups -OCH3 is 1. The van der Waals surface area contributed by atoms with Crippen LogP contribution >= 0.6 is 0 Å². The predicted molar refractivity (Wildman–Crippen MR) is 96.1 cm³/mol. The Kier molecular flexibility index (Phi) is 7.72. The van der Waals surface area contributed by atoms with Crippen LogP contribution < -0.4 is 83.5 Å². The molecule has 4 rings (SSSR count). The fourth-order valence-electron chi connectivity index (χ4n) is 3.09. The van der Waals surface area contributed by atoms with Crippen molar-refractivity contribution in [1.29, 1.82) is 0 Å². The largest absolute Gasteiger partial charge is 1.00 e. The Morgan fingerprint density at radius 3 is 1.73 bits per heavy atom. The van der Waals surface area contributed by atoms with Crippen LogP contribution in [-0.2, 0) is 20.8 Å². The molecule has 0 atom stereocenters. The molecule has 0 aliphatic heterocycles. The van der Waals surface area contributed by atoms with E-state index in [1.807, 2.05) is 0 Å². The summed E-state index contributed by atoms with van der Waals surface area (Å²) in [6.45, 7) is 0. The van der Waals surface area contributed by atoms with E-state index in [2.05, 4.69) is 8.37 Å². The molecule has 0 unspecified atom stereocenters. The molecule has 18 heteroatoms. The summed E-state index contributed by atoms with van der Waals surface area (Å²) in [5.41, 5.74) is -3.75. The number of hydrogen-bond donors (Lipinski definition) is 1. The van der Waals surface area contributed by atoms with E-state index < -0.39 is 77.0 Å². The molecule has 0 aliphatic rings. The van der Waals surface area contributed by atoms with Gasteiger partial charge in [0.1, 0.15) is 0 Å². The molecule has 0 amide bonds. The van der Waals surface area contributed by atoms with Crippen LogP contribution in [0.5, 0.6) is 23.0 Å². The predicted octanol–water partition coefficient (Wildman–Crippen LogP) is -6.11. The molecule has 0 saturated heterocycles. The van der Waals surface area contributed by atoms with Crippen molar-refractivity contribution in [3.63, 3.8) is 0 Å². The SMILES string of the molecule is COc1c(OS(=O)(=O)[O-])cc2c(=O)oc3c(O)c(OS(=O)(=O)[O-])cc4c(=O)oc1c2c34.[Na+].[Na+]. The van der Waals surface area contributed by atoms with E-state index in [0.717, 1.165) is 13.2 Å². The van der Waals surface area contributed by atoms with Gasteiger partial charge in [-0.05, 0) is 0 Å². The molecule has 33 heavy (non-hydrogen) atoms. The maximum Gasteiger partial charge on any atom is 1.00 e. The fourth-order valence-corrected chi connectivity index (χ4v) is 3.78. The van der Waals surface area contributed by atoms with Crippen LogP contribution in [0.4, 0.5) is 0 Å². The molecule has 2 aromatic heterocycles. The minimum atomic E-state index is -5.39. The molecule has 0 bridgehead atoms. The quantitative estimate of drug-likeness (QED) is 0.0850. The average Bonchev–Trinajstić information content (AvgIpc) is 2.61. The topological polar surface area (TPSA) is 223 Å². The van der Waals surface area contributed by atoms with E-state index in [1.165, 1.54) is 0 Å². The summed E-state index contributed by atoms with van der Waals surface area (Å²) >= 11 is 0. The van der Waals surface area contributed by atoms with Gasteiger partial charge >= 0.3 is 70.4 Å². The van der Waals surface area contributed by atoms with Gasteiger partial charge in [-0.25, -0.2) is 26.4 Å². The number of rotatable bonds is 5.